The first-order chi connectivity index (χ1) is 12.8. The fraction of sp³-hybridized carbons (Fsp3) is 0.421. The summed E-state index contributed by atoms with van der Waals surface area (Å²) >= 11 is 1.76. The lowest BCUT2D eigenvalue weighted by Gasteiger charge is -2.37. The molecule has 1 fully saturated rings. The van der Waals surface area contributed by atoms with Gasteiger partial charge in [-0.25, -0.2) is 14.8 Å². The Morgan fingerprint density at radius 3 is 2.92 bits per heavy atom. The van der Waals surface area contributed by atoms with E-state index in [1.54, 1.807) is 11.3 Å². The quantitative estimate of drug-likeness (QED) is 0.746. The summed E-state index contributed by atoms with van der Waals surface area (Å²) in [5.74, 6) is 1.27. The third kappa shape index (κ3) is 2.86. The van der Waals surface area contributed by atoms with E-state index in [1.165, 1.54) is 23.4 Å². The average molecular weight is 367 g/mol. The number of amides is 2. The van der Waals surface area contributed by atoms with Crippen LogP contribution in [0.3, 0.4) is 0 Å². The van der Waals surface area contributed by atoms with Crippen LogP contribution >= 0.6 is 11.3 Å². The number of hydrogen-bond acceptors (Lipinski definition) is 4. The van der Waals surface area contributed by atoms with Crippen molar-refractivity contribution >= 4 is 28.4 Å². The van der Waals surface area contributed by atoms with Crippen LogP contribution in [0.4, 0.5) is 4.79 Å². The van der Waals surface area contributed by atoms with E-state index in [9.17, 15) is 4.79 Å². The van der Waals surface area contributed by atoms with E-state index >= 15 is 0 Å². The molecule has 7 heteroatoms. The SMILES string of the molecule is O=C(NCc1nc2c(s1)CCCC2)N1CC(c2nc3ccccc3[nH]2)C1. The van der Waals surface area contributed by atoms with Crippen molar-refractivity contribution in [2.75, 3.05) is 13.1 Å². The van der Waals surface area contributed by atoms with Gasteiger partial charge in [0.15, 0.2) is 0 Å². The van der Waals surface area contributed by atoms with Crippen molar-refractivity contribution in [1.29, 1.82) is 0 Å². The molecule has 2 aromatic heterocycles. The number of aromatic amines is 1. The van der Waals surface area contributed by atoms with E-state index in [-0.39, 0.29) is 6.03 Å². The van der Waals surface area contributed by atoms with Crippen LogP contribution in [0.1, 0.15) is 40.2 Å². The summed E-state index contributed by atoms with van der Waals surface area (Å²) in [5, 5.41) is 4.04. The van der Waals surface area contributed by atoms with Gasteiger partial charge in [0, 0.05) is 18.0 Å². The maximum Gasteiger partial charge on any atom is 0.317 e. The van der Waals surface area contributed by atoms with Gasteiger partial charge in [0.25, 0.3) is 0 Å². The first kappa shape index (κ1) is 15.8. The molecule has 2 N–H and O–H groups in total. The van der Waals surface area contributed by atoms with Gasteiger partial charge >= 0.3 is 6.03 Å². The van der Waals surface area contributed by atoms with Crippen LogP contribution in [0, 0.1) is 0 Å². The fourth-order valence-corrected chi connectivity index (χ4v) is 4.82. The van der Waals surface area contributed by atoms with E-state index in [0.717, 1.165) is 34.7 Å². The first-order valence-electron chi connectivity index (χ1n) is 9.21. The summed E-state index contributed by atoms with van der Waals surface area (Å²) < 4.78 is 0. The maximum absolute atomic E-state index is 12.4. The predicted octanol–water partition coefficient (Wildman–Crippen LogP) is 3.21. The Morgan fingerprint density at radius 1 is 1.23 bits per heavy atom. The number of fused-ring (bicyclic) bond motifs is 2. The molecule has 134 valence electrons. The lowest BCUT2D eigenvalue weighted by molar-refractivity contribution is 0.148. The van der Waals surface area contributed by atoms with Crippen LogP contribution in [0.5, 0.6) is 0 Å². The van der Waals surface area contributed by atoms with Crippen molar-refractivity contribution in [3.05, 3.63) is 45.7 Å². The maximum atomic E-state index is 12.4. The van der Waals surface area contributed by atoms with E-state index in [0.29, 0.717) is 25.6 Å². The van der Waals surface area contributed by atoms with Crippen LogP contribution in [-0.2, 0) is 19.4 Å². The Morgan fingerprint density at radius 2 is 2.08 bits per heavy atom. The number of aromatic nitrogens is 3. The van der Waals surface area contributed by atoms with E-state index in [4.69, 9.17) is 0 Å². The Balaban J connectivity index is 1.16. The summed E-state index contributed by atoms with van der Waals surface area (Å²) in [4.78, 5) is 28.3. The van der Waals surface area contributed by atoms with Crippen LogP contribution in [0.2, 0.25) is 0 Å². The molecule has 0 atom stereocenters. The summed E-state index contributed by atoms with van der Waals surface area (Å²) in [6.45, 7) is 1.95. The van der Waals surface area contributed by atoms with Crippen molar-refractivity contribution in [2.24, 2.45) is 0 Å². The molecule has 0 radical (unpaired) electrons. The second-order valence-corrected chi connectivity index (χ2v) is 8.25. The molecule has 0 saturated carbocycles. The molecule has 26 heavy (non-hydrogen) atoms. The normalized spacial score (nSPS) is 17.2. The third-order valence-corrected chi connectivity index (χ3v) is 6.40. The molecule has 6 nitrogen and oxygen atoms in total. The van der Waals surface area contributed by atoms with Gasteiger partial charge in [-0.15, -0.1) is 11.3 Å². The standard InChI is InChI=1S/C19H21N5OS/c25-19(20-9-17-21-15-7-3-4-8-16(15)26-17)24-10-12(11-24)18-22-13-5-1-2-6-14(13)23-18/h1-2,5-6,12H,3-4,7-11H2,(H,20,25)(H,22,23). The molecule has 2 amide bonds. The van der Waals surface area contributed by atoms with Crippen molar-refractivity contribution in [1.82, 2.24) is 25.2 Å². The summed E-state index contributed by atoms with van der Waals surface area (Å²) in [5.41, 5.74) is 3.29. The molecule has 3 heterocycles. The highest BCUT2D eigenvalue weighted by molar-refractivity contribution is 7.11. The van der Waals surface area contributed by atoms with Crippen LogP contribution < -0.4 is 5.32 Å². The van der Waals surface area contributed by atoms with Crippen LogP contribution in [0.25, 0.3) is 11.0 Å². The van der Waals surface area contributed by atoms with Crippen molar-refractivity contribution in [3.8, 4) is 0 Å². The zero-order chi connectivity index (χ0) is 17.5. The minimum Gasteiger partial charge on any atom is -0.342 e. The minimum absolute atomic E-state index is 0.00877. The number of para-hydroxylation sites is 2. The van der Waals surface area contributed by atoms with Gasteiger partial charge in [-0.05, 0) is 37.8 Å². The third-order valence-electron chi connectivity index (χ3n) is 5.24. The summed E-state index contributed by atoms with van der Waals surface area (Å²) in [7, 11) is 0. The number of nitrogens with zero attached hydrogens (tertiary/aromatic N) is 3. The number of hydrogen-bond donors (Lipinski definition) is 2. The van der Waals surface area contributed by atoms with Gasteiger partial charge in [-0.3, -0.25) is 0 Å². The molecule has 1 aliphatic carbocycles. The van der Waals surface area contributed by atoms with Crippen molar-refractivity contribution < 1.29 is 4.79 Å². The number of H-pyrrole nitrogens is 1. The number of imidazole rings is 1. The highest BCUT2D eigenvalue weighted by Crippen LogP contribution is 2.28. The van der Waals surface area contributed by atoms with Crippen LogP contribution in [-0.4, -0.2) is 39.0 Å². The van der Waals surface area contributed by atoms with Gasteiger partial charge in [0.2, 0.25) is 0 Å². The second kappa shape index (κ2) is 6.39. The molecule has 1 saturated heterocycles. The highest BCUT2D eigenvalue weighted by Gasteiger charge is 2.33. The van der Waals surface area contributed by atoms with E-state index < -0.39 is 0 Å². The number of aryl methyl sites for hydroxylation is 2. The molecule has 0 bridgehead atoms. The van der Waals surface area contributed by atoms with Gasteiger partial charge in [-0.1, -0.05) is 12.1 Å². The molecule has 0 spiro atoms. The molecular formula is C19H21N5OS. The Hall–Kier alpha value is -2.41. The number of thiazole rings is 1. The van der Waals surface area contributed by atoms with Crippen molar-refractivity contribution in [3.63, 3.8) is 0 Å². The molecule has 1 aromatic carbocycles. The van der Waals surface area contributed by atoms with E-state index in [2.05, 4.69) is 20.3 Å². The zero-order valence-corrected chi connectivity index (χ0v) is 15.3. The zero-order valence-electron chi connectivity index (χ0n) is 14.5. The highest BCUT2D eigenvalue weighted by atomic mass is 32.1. The van der Waals surface area contributed by atoms with Crippen molar-refractivity contribution in [2.45, 2.75) is 38.1 Å². The second-order valence-electron chi connectivity index (χ2n) is 7.08. The lowest BCUT2D eigenvalue weighted by Crippen LogP contribution is -2.52. The molecule has 3 aromatic rings. The Kier molecular flexibility index (Phi) is 3.89. The summed E-state index contributed by atoms with van der Waals surface area (Å²) in [6, 6.07) is 8.02. The largest absolute Gasteiger partial charge is 0.342 e. The fourth-order valence-electron chi connectivity index (χ4n) is 3.73. The molecule has 0 unspecified atom stereocenters. The molecule has 1 aliphatic heterocycles. The topological polar surface area (TPSA) is 73.9 Å². The minimum atomic E-state index is -0.00877. The van der Waals surface area contributed by atoms with Gasteiger partial charge in [-0.2, -0.15) is 0 Å². The molecule has 2 aliphatic rings. The Labute approximate surface area is 155 Å². The predicted molar refractivity (Wildman–Crippen MR) is 101 cm³/mol. The average Bonchev–Trinajstić information content (AvgIpc) is 3.21. The number of likely N-dealkylation sites (tertiary alicyclic amines) is 1. The van der Waals surface area contributed by atoms with E-state index in [1.807, 2.05) is 29.2 Å². The Bertz CT molecular complexity index is 899. The number of rotatable bonds is 3. The molecule has 5 rings (SSSR count). The monoisotopic (exact) mass is 367 g/mol. The number of benzene rings is 1. The van der Waals surface area contributed by atoms with Gasteiger partial charge in [0.05, 0.1) is 29.2 Å². The number of carbonyl (C=O) groups excluding carboxylic acids is 1. The van der Waals surface area contributed by atoms with Crippen LogP contribution in [0.15, 0.2) is 24.3 Å². The first-order valence-corrected chi connectivity index (χ1v) is 10.0. The molecular weight excluding hydrogens is 346 g/mol. The van der Waals surface area contributed by atoms with Gasteiger partial charge < -0.3 is 15.2 Å². The number of urea groups is 1. The summed E-state index contributed by atoms with van der Waals surface area (Å²) in [6.07, 6.45) is 4.73. The number of nitrogens with one attached hydrogen (secondary N) is 2. The number of carbonyl (C=O) groups is 1. The lowest BCUT2D eigenvalue weighted by atomic mass is 10.0. The smallest absolute Gasteiger partial charge is 0.317 e. The van der Waals surface area contributed by atoms with Gasteiger partial charge in [0.1, 0.15) is 10.8 Å².